The zero-order valence-electron chi connectivity index (χ0n) is 11.2. The highest BCUT2D eigenvalue weighted by molar-refractivity contribution is 5.80. The van der Waals surface area contributed by atoms with E-state index in [4.69, 9.17) is 0 Å². The summed E-state index contributed by atoms with van der Waals surface area (Å²) in [7, 11) is 0. The van der Waals surface area contributed by atoms with Gasteiger partial charge < -0.3 is 10.6 Å². The maximum Gasteiger partial charge on any atom is 0.224 e. The van der Waals surface area contributed by atoms with E-state index in [1.54, 1.807) is 0 Å². The second kappa shape index (κ2) is 5.85. The molecule has 0 saturated carbocycles. The Balaban J connectivity index is 1.70. The maximum atomic E-state index is 12.1. The Morgan fingerprint density at radius 2 is 2.24 bits per heavy atom. The second-order valence-corrected chi connectivity index (χ2v) is 5.80. The van der Waals surface area contributed by atoms with Gasteiger partial charge in [0, 0.05) is 18.1 Å². The summed E-state index contributed by atoms with van der Waals surface area (Å²) in [5.41, 5.74) is 0. The van der Waals surface area contributed by atoms with E-state index in [1.165, 1.54) is 32.1 Å². The van der Waals surface area contributed by atoms with E-state index in [2.05, 4.69) is 24.5 Å². The SMILES string of the molecule is CCCCCC(C)NC(=O)C1CC2CCC1N2. The molecule has 0 aromatic carbocycles. The van der Waals surface area contributed by atoms with Crippen molar-refractivity contribution in [1.29, 1.82) is 0 Å². The van der Waals surface area contributed by atoms with Gasteiger partial charge in [0.05, 0.1) is 5.92 Å². The predicted octanol–water partition coefficient (Wildman–Crippen LogP) is 2.21. The van der Waals surface area contributed by atoms with Crippen LogP contribution in [0.2, 0.25) is 0 Å². The average molecular weight is 238 g/mol. The third-order valence-corrected chi connectivity index (χ3v) is 4.27. The number of hydrogen-bond donors (Lipinski definition) is 2. The van der Waals surface area contributed by atoms with Gasteiger partial charge in [0.25, 0.3) is 0 Å². The molecule has 2 aliphatic heterocycles. The van der Waals surface area contributed by atoms with Crippen LogP contribution in [0.1, 0.15) is 58.8 Å². The smallest absolute Gasteiger partial charge is 0.224 e. The standard InChI is InChI=1S/C14H26N2O/c1-3-4-5-6-10(2)15-14(17)12-9-11-7-8-13(12)16-11/h10-13,16H,3-9H2,1-2H3,(H,15,17). The third kappa shape index (κ3) is 3.21. The van der Waals surface area contributed by atoms with E-state index in [0.29, 0.717) is 18.1 Å². The minimum Gasteiger partial charge on any atom is -0.353 e. The number of unbranched alkanes of at least 4 members (excludes halogenated alkanes) is 2. The van der Waals surface area contributed by atoms with Crippen molar-refractivity contribution in [2.24, 2.45) is 5.92 Å². The summed E-state index contributed by atoms with van der Waals surface area (Å²) in [5, 5.41) is 6.71. The van der Waals surface area contributed by atoms with E-state index < -0.39 is 0 Å². The fourth-order valence-corrected chi connectivity index (χ4v) is 3.24. The number of fused-ring (bicyclic) bond motifs is 2. The molecule has 2 aliphatic rings. The first-order valence-corrected chi connectivity index (χ1v) is 7.27. The summed E-state index contributed by atoms with van der Waals surface area (Å²) >= 11 is 0. The normalized spacial score (nSPS) is 32.7. The Labute approximate surface area is 105 Å². The van der Waals surface area contributed by atoms with Crippen molar-refractivity contribution in [2.75, 3.05) is 0 Å². The van der Waals surface area contributed by atoms with Gasteiger partial charge in [-0.2, -0.15) is 0 Å². The summed E-state index contributed by atoms with van der Waals surface area (Å²) in [6, 6.07) is 1.42. The minimum absolute atomic E-state index is 0.238. The van der Waals surface area contributed by atoms with Gasteiger partial charge in [-0.1, -0.05) is 26.2 Å². The molecule has 3 nitrogen and oxygen atoms in total. The van der Waals surface area contributed by atoms with Crippen molar-refractivity contribution in [3.8, 4) is 0 Å². The molecule has 0 aliphatic carbocycles. The number of carbonyl (C=O) groups excluding carboxylic acids is 1. The Morgan fingerprint density at radius 1 is 1.41 bits per heavy atom. The van der Waals surface area contributed by atoms with Crippen LogP contribution in [0.25, 0.3) is 0 Å². The van der Waals surface area contributed by atoms with Crippen LogP contribution in [0.15, 0.2) is 0 Å². The van der Waals surface area contributed by atoms with Gasteiger partial charge in [0.15, 0.2) is 0 Å². The van der Waals surface area contributed by atoms with Gasteiger partial charge in [-0.15, -0.1) is 0 Å². The quantitative estimate of drug-likeness (QED) is 0.697. The van der Waals surface area contributed by atoms with Gasteiger partial charge in [-0.05, 0) is 32.6 Å². The van der Waals surface area contributed by atoms with E-state index in [1.807, 2.05) is 0 Å². The first kappa shape index (κ1) is 12.9. The Hall–Kier alpha value is -0.570. The summed E-state index contributed by atoms with van der Waals surface area (Å²) < 4.78 is 0. The Bertz CT molecular complexity index is 267. The highest BCUT2D eigenvalue weighted by Gasteiger charge is 2.42. The highest BCUT2D eigenvalue weighted by Crippen LogP contribution is 2.33. The largest absolute Gasteiger partial charge is 0.353 e. The zero-order valence-corrected chi connectivity index (χ0v) is 11.2. The lowest BCUT2D eigenvalue weighted by atomic mass is 9.88. The lowest BCUT2D eigenvalue weighted by Gasteiger charge is -2.22. The summed E-state index contributed by atoms with van der Waals surface area (Å²) in [6.07, 6.45) is 8.37. The van der Waals surface area contributed by atoms with Crippen molar-refractivity contribution < 1.29 is 4.79 Å². The topological polar surface area (TPSA) is 41.1 Å². The van der Waals surface area contributed by atoms with Gasteiger partial charge in [0.1, 0.15) is 0 Å². The van der Waals surface area contributed by atoms with Crippen LogP contribution in [-0.2, 0) is 4.79 Å². The van der Waals surface area contributed by atoms with E-state index >= 15 is 0 Å². The van der Waals surface area contributed by atoms with E-state index in [0.717, 1.165) is 12.8 Å². The Morgan fingerprint density at radius 3 is 2.82 bits per heavy atom. The van der Waals surface area contributed by atoms with Crippen LogP contribution in [0.5, 0.6) is 0 Å². The number of hydrogen-bond acceptors (Lipinski definition) is 2. The molecule has 3 heteroatoms. The number of carbonyl (C=O) groups is 1. The van der Waals surface area contributed by atoms with Crippen LogP contribution < -0.4 is 10.6 Å². The average Bonchev–Trinajstić information content (AvgIpc) is 2.91. The molecule has 2 fully saturated rings. The van der Waals surface area contributed by atoms with Crippen molar-refractivity contribution in [2.45, 2.75) is 76.9 Å². The summed E-state index contributed by atoms with van der Waals surface area (Å²) in [6.45, 7) is 4.35. The molecule has 2 N–H and O–H groups in total. The molecular formula is C14H26N2O. The predicted molar refractivity (Wildman–Crippen MR) is 69.8 cm³/mol. The van der Waals surface area contributed by atoms with Crippen LogP contribution in [-0.4, -0.2) is 24.0 Å². The minimum atomic E-state index is 0.238. The second-order valence-electron chi connectivity index (χ2n) is 5.80. The summed E-state index contributed by atoms with van der Waals surface area (Å²) in [4.78, 5) is 12.1. The fourth-order valence-electron chi connectivity index (χ4n) is 3.24. The number of rotatable bonds is 6. The molecule has 0 aromatic heterocycles. The zero-order chi connectivity index (χ0) is 12.3. The van der Waals surface area contributed by atoms with Gasteiger partial charge in [-0.25, -0.2) is 0 Å². The molecule has 1 amide bonds. The van der Waals surface area contributed by atoms with Crippen molar-refractivity contribution in [1.82, 2.24) is 10.6 Å². The molecule has 0 radical (unpaired) electrons. The first-order valence-electron chi connectivity index (χ1n) is 7.27. The number of amides is 1. The molecule has 4 unspecified atom stereocenters. The molecule has 2 heterocycles. The van der Waals surface area contributed by atoms with Gasteiger partial charge in [-0.3, -0.25) is 4.79 Å². The van der Waals surface area contributed by atoms with Crippen molar-refractivity contribution >= 4 is 5.91 Å². The van der Waals surface area contributed by atoms with Gasteiger partial charge in [0.2, 0.25) is 5.91 Å². The number of nitrogens with one attached hydrogen (secondary N) is 2. The monoisotopic (exact) mass is 238 g/mol. The van der Waals surface area contributed by atoms with Crippen LogP contribution >= 0.6 is 0 Å². The molecule has 98 valence electrons. The van der Waals surface area contributed by atoms with Crippen LogP contribution in [0.4, 0.5) is 0 Å². The van der Waals surface area contributed by atoms with Crippen molar-refractivity contribution in [3.05, 3.63) is 0 Å². The lowest BCUT2D eigenvalue weighted by molar-refractivity contribution is -0.126. The molecule has 0 spiro atoms. The van der Waals surface area contributed by atoms with Crippen LogP contribution in [0.3, 0.4) is 0 Å². The lowest BCUT2D eigenvalue weighted by Crippen LogP contribution is -2.41. The van der Waals surface area contributed by atoms with E-state index in [9.17, 15) is 4.79 Å². The summed E-state index contributed by atoms with van der Waals surface area (Å²) in [5.74, 6) is 0.524. The molecule has 17 heavy (non-hydrogen) atoms. The first-order chi connectivity index (χ1) is 8.20. The Kier molecular flexibility index (Phi) is 4.43. The fraction of sp³-hybridized carbons (Fsp3) is 0.929. The maximum absolute atomic E-state index is 12.1. The third-order valence-electron chi connectivity index (χ3n) is 4.27. The molecule has 2 bridgehead atoms. The molecule has 4 atom stereocenters. The highest BCUT2D eigenvalue weighted by atomic mass is 16.2. The van der Waals surface area contributed by atoms with Crippen molar-refractivity contribution in [3.63, 3.8) is 0 Å². The molecular weight excluding hydrogens is 212 g/mol. The van der Waals surface area contributed by atoms with Crippen LogP contribution in [0, 0.1) is 5.92 Å². The van der Waals surface area contributed by atoms with Gasteiger partial charge >= 0.3 is 0 Å². The molecule has 0 aromatic rings. The van der Waals surface area contributed by atoms with E-state index in [-0.39, 0.29) is 11.8 Å². The molecule has 2 rings (SSSR count). The molecule has 2 saturated heterocycles.